The van der Waals surface area contributed by atoms with Crippen LogP contribution in [0.5, 0.6) is 5.75 Å². The predicted molar refractivity (Wildman–Crippen MR) is 87.8 cm³/mol. The van der Waals surface area contributed by atoms with Crippen molar-refractivity contribution < 1.29 is 9.47 Å². The van der Waals surface area contributed by atoms with Crippen LogP contribution in [0.1, 0.15) is 25.3 Å². The molecule has 0 atom stereocenters. The Morgan fingerprint density at radius 2 is 1.50 bits per heavy atom. The van der Waals surface area contributed by atoms with E-state index in [0.717, 1.165) is 36.3 Å². The first-order valence-electron chi connectivity index (χ1n) is 7.64. The molecule has 0 unspecified atom stereocenters. The largest absolute Gasteiger partial charge is 0.491 e. The molecule has 22 heavy (non-hydrogen) atoms. The monoisotopic (exact) mass is 295 g/mol. The number of nitrogens with zero attached hydrogens (tertiary/aromatic N) is 1. The molecule has 0 aromatic heterocycles. The van der Waals surface area contributed by atoms with Gasteiger partial charge in [-0.05, 0) is 41.8 Å². The van der Waals surface area contributed by atoms with Gasteiger partial charge in [0.05, 0.1) is 18.2 Å². The molecular weight excluding hydrogens is 274 g/mol. The van der Waals surface area contributed by atoms with E-state index in [1.165, 1.54) is 0 Å². The van der Waals surface area contributed by atoms with Gasteiger partial charge in [-0.2, -0.15) is 5.26 Å². The van der Waals surface area contributed by atoms with E-state index in [0.29, 0.717) is 18.8 Å². The second-order valence-electron chi connectivity index (χ2n) is 5.03. The summed E-state index contributed by atoms with van der Waals surface area (Å²) in [5, 5.41) is 8.81. The molecule has 0 bridgehead atoms. The number of hydrogen-bond donors (Lipinski definition) is 0. The van der Waals surface area contributed by atoms with Crippen molar-refractivity contribution in [2.24, 2.45) is 0 Å². The molecule has 0 N–H and O–H groups in total. The Labute approximate surface area is 132 Å². The first-order valence-corrected chi connectivity index (χ1v) is 7.64. The number of unbranched alkanes of at least 4 members (excludes halogenated alkanes) is 1. The fourth-order valence-electron chi connectivity index (χ4n) is 2.05. The zero-order valence-electron chi connectivity index (χ0n) is 12.9. The lowest BCUT2D eigenvalue weighted by Crippen LogP contribution is -2.07. The summed E-state index contributed by atoms with van der Waals surface area (Å²) in [6.07, 6.45) is 2.25. The van der Waals surface area contributed by atoms with E-state index in [2.05, 4.69) is 13.0 Å². The zero-order chi connectivity index (χ0) is 15.6. The van der Waals surface area contributed by atoms with Crippen LogP contribution in [-0.4, -0.2) is 19.8 Å². The Balaban J connectivity index is 1.83. The molecule has 3 nitrogen and oxygen atoms in total. The molecule has 0 aliphatic heterocycles. The van der Waals surface area contributed by atoms with E-state index in [-0.39, 0.29) is 0 Å². The van der Waals surface area contributed by atoms with E-state index in [1.54, 1.807) is 0 Å². The molecule has 0 aliphatic rings. The smallest absolute Gasteiger partial charge is 0.119 e. The number of hydrogen-bond acceptors (Lipinski definition) is 3. The molecule has 2 rings (SSSR count). The lowest BCUT2D eigenvalue weighted by Gasteiger charge is -2.08. The fraction of sp³-hybridized carbons (Fsp3) is 0.316. The van der Waals surface area contributed by atoms with Crippen molar-refractivity contribution in [1.29, 1.82) is 5.26 Å². The maximum absolute atomic E-state index is 8.81. The normalized spacial score (nSPS) is 10.2. The molecular formula is C19H21NO2. The Morgan fingerprint density at radius 3 is 2.09 bits per heavy atom. The maximum atomic E-state index is 8.81. The molecule has 0 spiro atoms. The summed E-state index contributed by atoms with van der Waals surface area (Å²) in [4.78, 5) is 0. The van der Waals surface area contributed by atoms with Crippen molar-refractivity contribution >= 4 is 0 Å². The minimum Gasteiger partial charge on any atom is -0.491 e. The molecule has 2 aromatic carbocycles. The van der Waals surface area contributed by atoms with Gasteiger partial charge in [0, 0.05) is 6.61 Å². The highest BCUT2D eigenvalue weighted by Crippen LogP contribution is 2.22. The SMILES string of the molecule is CCCCOCCOc1ccc(-c2ccc(C#N)cc2)cc1. The lowest BCUT2D eigenvalue weighted by molar-refractivity contribution is 0.0981. The van der Waals surface area contributed by atoms with Crippen molar-refractivity contribution in [3.05, 3.63) is 54.1 Å². The molecule has 2 aromatic rings. The van der Waals surface area contributed by atoms with Crippen LogP contribution >= 0.6 is 0 Å². The average Bonchev–Trinajstić information content (AvgIpc) is 2.59. The molecule has 0 fully saturated rings. The zero-order valence-corrected chi connectivity index (χ0v) is 12.9. The molecule has 0 heterocycles. The van der Waals surface area contributed by atoms with Crippen LogP contribution in [0, 0.1) is 11.3 Å². The van der Waals surface area contributed by atoms with Crippen molar-refractivity contribution in [2.75, 3.05) is 19.8 Å². The van der Waals surface area contributed by atoms with Gasteiger partial charge in [0.1, 0.15) is 12.4 Å². The van der Waals surface area contributed by atoms with E-state index in [4.69, 9.17) is 14.7 Å². The van der Waals surface area contributed by atoms with E-state index < -0.39 is 0 Å². The van der Waals surface area contributed by atoms with Crippen molar-refractivity contribution in [3.63, 3.8) is 0 Å². The number of benzene rings is 2. The van der Waals surface area contributed by atoms with Gasteiger partial charge in [-0.25, -0.2) is 0 Å². The summed E-state index contributed by atoms with van der Waals surface area (Å²) in [6.45, 7) is 4.14. The van der Waals surface area contributed by atoms with Crippen LogP contribution in [-0.2, 0) is 4.74 Å². The van der Waals surface area contributed by atoms with Gasteiger partial charge < -0.3 is 9.47 Å². The molecule has 0 saturated carbocycles. The maximum Gasteiger partial charge on any atom is 0.119 e. The average molecular weight is 295 g/mol. The first kappa shape index (κ1) is 16.1. The number of ether oxygens (including phenoxy) is 2. The number of rotatable bonds is 8. The second kappa shape index (κ2) is 8.86. The fourth-order valence-corrected chi connectivity index (χ4v) is 2.05. The Kier molecular flexibility index (Phi) is 6.47. The van der Waals surface area contributed by atoms with E-state index in [1.807, 2.05) is 48.5 Å². The molecule has 0 amide bonds. The van der Waals surface area contributed by atoms with Gasteiger partial charge in [0.25, 0.3) is 0 Å². The molecule has 114 valence electrons. The van der Waals surface area contributed by atoms with Crippen LogP contribution in [0.2, 0.25) is 0 Å². The third-order valence-electron chi connectivity index (χ3n) is 3.34. The second-order valence-corrected chi connectivity index (χ2v) is 5.03. The topological polar surface area (TPSA) is 42.2 Å². The Morgan fingerprint density at radius 1 is 0.864 bits per heavy atom. The molecule has 3 heteroatoms. The standard InChI is InChI=1S/C19H21NO2/c1-2-3-12-21-13-14-22-19-10-8-18(9-11-19)17-6-4-16(15-20)5-7-17/h4-11H,2-3,12-14H2,1H3. The van der Waals surface area contributed by atoms with Crippen molar-refractivity contribution in [1.82, 2.24) is 0 Å². The molecule has 0 aliphatic carbocycles. The Bertz CT molecular complexity index is 597. The lowest BCUT2D eigenvalue weighted by atomic mass is 10.0. The van der Waals surface area contributed by atoms with Crippen LogP contribution in [0.15, 0.2) is 48.5 Å². The predicted octanol–water partition coefficient (Wildman–Crippen LogP) is 4.42. The van der Waals surface area contributed by atoms with Gasteiger partial charge in [0.2, 0.25) is 0 Å². The van der Waals surface area contributed by atoms with Crippen molar-refractivity contribution in [3.8, 4) is 22.9 Å². The quantitative estimate of drug-likeness (QED) is 0.677. The minimum atomic E-state index is 0.569. The van der Waals surface area contributed by atoms with Gasteiger partial charge in [-0.3, -0.25) is 0 Å². The van der Waals surface area contributed by atoms with Crippen LogP contribution in [0.3, 0.4) is 0 Å². The van der Waals surface area contributed by atoms with Gasteiger partial charge in [-0.15, -0.1) is 0 Å². The summed E-state index contributed by atoms with van der Waals surface area (Å²) in [6, 6.07) is 17.6. The first-order chi connectivity index (χ1) is 10.8. The summed E-state index contributed by atoms with van der Waals surface area (Å²) >= 11 is 0. The summed E-state index contributed by atoms with van der Waals surface area (Å²) in [7, 11) is 0. The third kappa shape index (κ3) is 4.91. The van der Waals surface area contributed by atoms with Crippen molar-refractivity contribution in [2.45, 2.75) is 19.8 Å². The highest BCUT2D eigenvalue weighted by Gasteiger charge is 1.99. The van der Waals surface area contributed by atoms with Gasteiger partial charge in [0.15, 0.2) is 0 Å². The third-order valence-corrected chi connectivity index (χ3v) is 3.34. The number of nitriles is 1. The summed E-state index contributed by atoms with van der Waals surface area (Å²) in [5.74, 6) is 0.844. The molecule has 0 radical (unpaired) electrons. The summed E-state index contributed by atoms with van der Waals surface area (Å²) in [5.41, 5.74) is 2.87. The highest BCUT2D eigenvalue weighted by molar-refractivity contribution is 5.64. The van der Waals surface area contributed by atoms with Crippen LogP contribution in [0.25, 0.3) is 11.1 Å². The summed E-state index contributed by atoms with van der Waals surface area (Å²) < 4.78 is 11.1. The Hall–Kier alpha value is -2.31. The molecule has 0 saturated heterocycles. The highest BCUT2D eigenvalue weighted by atomic mass is 16.5. The van der Waals surface area contributed by atoms with Gasteiger partial charge >= 0.3 is 0 Å². The van der Waals surface area contributed by atoms with E-state index >= 15 is 0 Å². The van der Waals surface area contributed by atoms with E-state index in [9.17, 15) is 0 Å². The minimum absolute atomic E-state index is 0.569. The van der Waals surface area contributed by atoms with Crippen LogP contribution < -0.4 is 4.74 Å². The van der Waals surface area contributed by atoms with Crippen LogP contribution in [0.4, 0.5) is 0 Å². The van der Waals surface area contributed by atoms with Gasteiger partial charge in [-0.1, -0.05) is 37.6 Å².